The largest absolute Gasteiger partial charge is 0.396 e. The van der Waals surface area contributed by atoms with Gasteiger partial charge in [0.1, 0.15) is 18.2 Å². The van der Waals surface area contributed by atoms with E-state index in [-0.39, 0.29) is 12.6 Å². The van der Waals surface area contributed by atoms with Crippen molar-refractivity contribution in [1.29, 1.82) is 0 Å². The van der Waals surface area contributed by atoms with E-state index in [4.69, 9.17) is 9.84 Å². The maximum Gasteiger partial charge on any atom is 0.158 e. The standard InChI is InChI=1S/C12H22N4O2/c1-4-9(5-6-17)14-11-7-10(13-2)15-12(16-11)8-18-3/h7,9,17H,4-6,8H2,1-3H3,(H2,13,14,15,16). The van der Waals surface area contributed by atoms with E-state index in [9.17, 15) is 0 Å². The molecule has 1 rings (SSSR count). The highest BCUT2D eigenvalue weighted by molar-refractivity contribution is 5.47. The quantitative estimate of drug-likeness (QED) is 0.647. The fourth-order valence-electron chi connectivity index (χ4n) is 1.64. The van der Waals surface area contributed by atoms with Crippen LogP contribution in [-0.2, 0) is 11.3 Å². The van der Waals surface area contributed by atoms with Gasteiger partial charge in [0.05, 0.1) is 0 Å². The van der Waals surface area contributed by atoms with Gasteiger partial charge < -0.3 is 20.5 Å². The molecule has 1 heterocycles. The first-order chi connectivity index (χ1) is 8.73. The number of anilines is 2. The molecule has 1 aromatic rings. The minimum atomic E-state index is 0.167. The number of methoxy groups -OCH3 is 1. The summed E-state index contributed by atoms with van der Waals surface area (Å²) in [5.41, 5.74) is 0. The van der Waals surface area contributed by atoms with Crippen molar-refractivity contribution in [3.63, 3.8) is 0 Å². The maximum atomic E-state index is 8.98. The Morgan fingerprint density at radius 3 is 2.67 bits per heavy atom. The second-order valence-corrected chi connectivity index (χ2v) is 4.00. The van der Waals surface area contributed by atoms with Gasteiger partial charge in [-0.1, -0.05) is 6.92 Å². The van der Waals surface area contributed by atoms with Crippen LogP contribution in [0.25, 0.3) is 0 Å². The van der Waals surface area contributed by atoms with Crippen LogP contribution in [0.1, 0.15) is 25.6 Å². The summed E-state index contributed by atoms with van der Waals surface area (Å²) in [6, 6.07) is 2.06. The van der Waals surface area contributed by atoms with Gasteiger partial charge in [-0.25, -0.2) is 9.97 Å². The van der Waals surface area contributed by atoms with Crippen LogP contribution in [0.2, 0.25) is 0 Å². The predicted octanol–water partition coefficient (Wildman–Crippen LogP) is 1.24. The summed E-state index contributed by atoms with van der Waals surface area (Å²) in [5, 5.41) is 15.3. The molecule has 0 bridgehead atoms. The zero-order valence-corrected chi connectivity index (χ0v) is 11.2. The highest BCUT2D eigenvalue weighted by Gasteiger charge is 2.09. The molecule has 3 N–H and O–H groups in total. The third-order valence-electron chi connectivity index (χ3n) is 2.62. The molecule has 18 heavy (non-hydrogen) atoms. The van der Waals surface area contributed by atoms with E-state index >= 15 is 0 Å². The van der Waals surface area contributed by atoms with E-state index in [0.717, 1.165) is 18.1 Å². The van der Waals surface area contributed by atoms with E-state index < -0.39 is 0 Å². The number of ether oxygens (including phenoxy) is 1. The third-order valence-corrected chi connectivity index (χ3v) is 2.62. The molecule has 102 valence electrons. The molecule has 6 nitrogen and oxygen atoms in total. The van der Waals surface area contributed by atoms with Crippen molar-refractivity contribution in [1.82, 2.24) is 9.97 Å². The summed E-state index contributed by atoms with van der Waals surface area (Å²) < 4.78 is 5.04. The van der Waals surface area contributed by atoms with Gasteiger partial charge in [0, 0.05) is 32.9 Å². The van der Waals surface area contributed by atoms with E-state index in [1.807, 2.05) is 13.1 Å². The fraction of sp³-hybridized carbons (Fsp3) is 0.667. The SMILES string of the molecule is CCC(CCO)Nc1cc(NC)nc(COC)n1. The monoisotopic (exact) mass is 254 g/mol. The number of aromatic nitrogens is 2. The van der Waals surface area contributed by atoms with E-state index in [2.05, 4.69) is 27.5 Å². The number of rotatable bonds is 8. The minimum Gasteiger partial charge on any atom is -0.396 e. The van der Waals surface area contributed by atoms with Crippen molar-refractivity contribution in [3.05, 3.63) is 11.9 Å². The van der Waals surface area contributed by atoms with Crippen LogP contribution in [0.4, 0.5) is 11.6 Å². The number of aliphatic hydroxyl groups is 1. The smallest absolute Gasteiger partial charge is 0.158 e. The van der Waals surface area contributed by atoms with Crippen LogP contribution in [-0.4, -0.2) is 41.9 Å². The van der Waals surface area contributed by atoms with Gasteiger partial charge in [0.25, 0.3) is 0 Å². The van der Waals surface area contributed by atoms with Gasteiger partial charge >= 0.3 is 0 Å². The van der Waals surface area contributed by atoms with Gasteiger partial charge in [0.2, 0.25) is 0 Å². The van der Waals surface area contributed by atoms with Crippen molar-refractivity contribution in [2.75, 3.05) is 31.4 Å². The molecule has 1 aromatic heterocycles. The lowest BCUT2D eigenvalue weighted by atomic mass is 10.1. The topological polar surface area (TPSA) is 79.3 Å². The average molecular weight is 254 g/mol. The molecule has 0 amide bonds. The first kappa shape index (κ1) is 14.7. The average Bonchev–Trinajstić information content (AvgIpc) is 2.38. The van der Waals surface area contributed by atoms with Gasteiger partial charge in [-0.3, -0.25) is 0 Å². The van der Waals surface area contributed by atoms with Crippen molar-refractivity contribution in [3.8, 4) is 0 Å². The predicted molar refractivity (Wildman–Crippen MR) is 71.7 cm³/mol. The second-order valence-electron chi connectivity index (χ2n) is 4.00. The summed E-state index contributed by atoms with van der Waals surface area (Å²) in [4.78, 5) is 8.66. The van der Waals surface area contributed by atoms with Gasteiger partial charge in [-0.15, -0.1) is 0 Å². The summed E-state index contributed by atoms with van der Waals surface area (Å²) in [7, 11) is 3.43. The summed E-state index contributed by atoms with van der Waals surface area (Å²) in [6.45, 7) is 2.62. The molecule has 0 aliphatic rings. The Morgan fingerprint density at radius 2 is 2.11 bits per heavy atom. The number of aliphatic hydroxyl groups excluding tert-OH is 1. The lowest BCUT2D eigenvalue weighted by Crippen LogP contribution is -2.21. The normalized spacial score (nSPS) is 12.2. The van der Waals surface area contributed by atoms with E-state index in [1.165, 1.54) is 0 Å². The van der Waals surface area contributed by atoms with Gasteiger partial charge in [-0.2, -0.15) is 0 Å². The third kappa shape index (κ3) is 4.46. The molecule has 0 aliphatic heterocycles. The first-order valence-electron chi connectivity index (χ1n) is 6.15. The molecule has 0 spiro atoms. The molecular formula is C12H22N4O2. The Bertz CT molecular complexity index is 360. The highest BCUT2D eigenvalue weighted by Crippen LogP contribution is 2.14. The molecule has 0 aliphatic carbocycles. The molecule has 1 atom stereocenters. The van der Waals surface area contributed by atoms with Gasteiger partial charge in [0.15, 0.2) is 5.82 Å². The first-order valence-corrected chi connectivity index (χ1v) is 6.15. The Labute approximate surface area is 108 Å². The molecule has 0 fully saturated rings. The second kappa shape index (κ2) is 7.84. The number of hydrogen-bond acceptors (Lipinski definition) is 6. The van der Waals surface area contributed by atoms with Crippen LogP contribution in [0, 0.1) is 0 Å². The number of hydrogen-bond donors (Lipinski definition) is 3. The Balaban J connectivity index is 2.82. The summed E-state index contributed by atoms with van der Waals surface area (Å²) >= 11 is 0. The summed E-state index contributed by atoms with van der Waals surface area (Å²) in [5.74, 6) is 2.13. The van der Waals surface area contributed by atoms with E-state index in [0.29, 0.717) is 18.9 Å². The van der Waals surface area contributed by atoms with Gasteiger partial charge in [-0.05, 0) is 12.8 Å². The maximum absolute atomic E-state index is 8.98. The molecule has 6 heteroatoms. The molecule has 0 saturated carbocycles. The molecular weight excluding hydrogens is 232 g/mol. The van der Waals surface area contributed by atoms with E-state index in [1.54, 1.807) is 7.11 Å². The summed E-state index contributed by atoms with van der Waals surface area (Å²) in [6.07, 6.45) is 1.63. The van der Waals surface area contributed by atoms with Crippen molar-refractivity contribution in [2.24, 2.45) is 0 Å². The minimum absolute atomic E-state index is 0.167. The number of nitrogens with one attached hydrogen (secondary N) is 2. The number of nitrogens with zero attached hydrogens (tertiary/aromatic N) is 2. The van der Waals surface area contributed by atoms with Crippen molar-refractivity contribution in [2.45, 2.75) is 32.4 Å². The Kier molecular flexibility index (Phi) is 6.38. The Morgan fingerprint density at radius 1 is 1.39 bits per heavy atom. The lowest BCUT2D eigenvalue weighted by Gasteiger charge is -2.17. The van der Waals surface area contributed by atoms with Crippen LogP contribution < -0.4 is 10.6 Å². The van der Waals surface area contributed by atoms with Crippen molar-refractivity contribution >= 4 is 11.6 Å². The molecule has 0 radical (unpaired) electrons. The highest BCUT2D eigenvalue weighted by atomic mass is 16.5. The van der Waals surface area contributed by atoms with Crippen LogP contribution in [0.15, 0.2) is 6.07 Å². The zero-order chi connectivity index (χ0) is 13.4. The lowest BCUT2D eigenvalue weighted by molar-refractivity contribution is 0.178. The molecule has 0 saturated heterocycles. The van der Waals surface area contributed by atoms with Crippen LogP contribution >= 0.6 is 0 Å². The van der Waals surface area contributed by atoms with Crippen LogP contribution in [0.5, 0.6) is 0 Å². The van der Waals surface area contributed by atoms with Crippen molar-refractivity contribution < 1.29 is 9.84 Å². The Hall–Kier alpha value is -1.40. The zero-order valence-electron chi connectivity index (χ0n) is 11.2. The molecule has 0 aromatic carbocycles. The molecule has 1 unspecified atom stereocenters. The van der Waals surface area contributed by atoms with Crippen LogP contribution in [0.3, 0.4) is 0 Å². The fourth-order valence-corrected chi connectivity index (χ4v) is 1.64.